The first-order chi connectivity index (χ1) is 12.6. The Morgan fingerprint density at radius 1 is 1.12 bits per heavy atom. The van der Waals surface area contributed by atoms with Gasteiger partial charge in [-0.15, -0.1) is 0 Å². The van der Waals surface area contributed by atoms with Crippen LogP contribution in [-0.4, -0.2) is 0 Å². The molecule has 1 atom stereocenters. The molecular weight excluding hydrogens is 314 g/mol. The fourth-order valence-corrected chi connectivity index (χ4v) is 4.70. The van der Waals surface area contributed by atoms with Gasteiger partial charge in [0.15, 0.2) is 11.7 Å². The smallest absolute Gasteiger partial charge is 0.188 e. The molecule has 1 aliphatic heterocycles. The lowest BCUT2D eigenvalue weighted by Crippen LogP contribution is -2.61. The lowest BCUT2D eigenvalue weighted by atomic mass is 9.74. The van der Waals surface area contributed by atoms with Gasteiger partial charge in [0.05, 0.1) is 0 Å². The topological polar surface area (TPSA) is 3.88 Å². The predicted octanol–water partition coefficient (Wildman–Crippen LogP) is 6.31. The standard InChI is InChI=1S/C25H34N/c1-6-9-13-21-16-17-26-24(20(21)5)23-15-11-10-14-22(23)18-25(26,8-3)19(4)12-7-2/h10-11,14-17H,4,6-9,12-13,18H2,1-3,5H3/q+1. The Morgan fingerprint density at radius 2 is 1.88 bits per heavy atom. The summed E-state index contributed by atoms with van der Waals surface area (Å²) in [4.78, 5) is 0. The SMILES string of the molecule is C=C(CCC)C1(CC)Cc2ccccc2-c2c(C)c(CCCC)cc[n+]21. The second-order valence-electron chi connectivity index (χ2n) is 7.86. The summed E-state index contributed by atoms with van der Waals surface area (Å²) in [7, 11) is 0. The van der Waals surface area contributed by atoms with Gasteiger partial charge in [0, 0.05) is 30.0 Å². The molecule has 0 N–H and O–H groups in total. The molecule has 0 fully saturated rings. The van der Waals surface area contributed by atoms with Crippen molar-refractivity contribution in [1.29, 1.82) is 0 Å². The Kier molecular flexibility index (Phi) is 5.65. The monoisotopic (exact) mass is 348 g/mol. The zero-order valence-electron chi connectivity index (χ0n) is 17.1. The van der Waals surface area contributed by atoms with Crippen molar-refractivity contribution < 1.29 is 4.57 Å². The summed E-state index contributed by atoms with van der Waals surface area (Å²) < 4.78 is 2.57. The molecule has 1 aliphatic rings. The van der Waals surface area contributed by atoms with E-state index in [-0.39, 0.29) is 5.54 Å². The number of aryl methyl sites for hydroxylation is 1. The van der Waals surface area contributed by atoms with Crippen LogP contribution in [0.25, 0.3) is 11.3 Å². The first-order valence-electron chi connectivity index (χ1n) is 10.4. The van der Waals surface area contributed by atoms with Crippen LogP contribution in [0.1, 0.15) is 69.6 Å². The van der Waals surface area contributed by atoms with Crippen LogP contribution in [0, 0.1) is 6.92 Å². The summed E-state index contributed by atoms with van der Waals surface area (Å²) in [6.07, 6.45) is 10.4. The van der Waals surface area contributed by atoms with Gasteiger partial charge in [-0.25, -0.2) is 0 Å². The summed E-state index contributed by atoms with van der Waals surface area (Å²) in [6.45, 7) is 13.7. The van der Waals surface area contributed by atoms with Gasteiger partial charge in [0.25, 0.3) is 0 Å². The molecular formula is C25H34N+. The molecule has 0 saturated carbocycles. The van der Waals surface area contributed by atoms with Crippen molar-refractivity contribution in [2.75, 3.05) is 0 Å². The average Bonchev–Trinajstić information content (AvgIpc) is 2.66. The summed E-state index contributed by atoms with van der Waals surface area (Å²) in [5.41, 5.74) is 8.65. The van der Waals surface area contributed by atoms with Gasteiger partial charge in [-0.05, 0) is 49.0 Å². The normalized spacial score (nSPS) is 18.3. The van der Waals surface area contributed by atoms with E-state index in [9.17, 15) is 0 Å². The zero-order valence-corrected chi connectivity index (χ0v) is 17.1. The lowest BCUT2D eigenvalue weighted by molar-refractivity contribution is -0.748. The van der Waals surface area contributed by atoms with E-state index in [4.69, 9.17) is 0 Å². The Bertz CT molecular complexity index is 802. The highest BCUT2D eigenvalue weighted by Crippen LogP contribution is 2.40. The molecule has 0 bridgehead atoms. The Balaban J connectivity index is 2.25. The molecule has 0 saturated heterocycles. The Hall–Kier alpha value is -1.89. The molecule has 1 aromatic heterocycles. The molecule has 26 heavy (non-hydrogen) atoms. The molecule has 138 valence electrons. The number of hydrogen-bond donors (Lipinski definition) is 0. The summed E-state index contributed by atoms with van der Waals surface area (Å²) in [5.74, 6) is 0. The van der Waals surface area contributed by atoms with Crippen molar-refractivity contribution in [3.63, 3.8) is 0 Å². The van der Waals surface area contributed by atoms with E-state index in [2.05, 4.69) is 75.4 Å². The number of rotatable bonds is 7. The molecule has 0 radical (unpaired) electrons. The van der Waals surface area contributed by atoms with Crippen molar-refractivity contribution in [3.8, 4) is 11.3 Å². The molecule has 1 unspecified atom stereocenters. The quantitative estimate of drug-likeness (QED) is 0.408. The van der Waals surface area contributed by atoms with Crippen LogP contribution in [0.2, 0.25) is 0 Å². The molecule has 1 heteroatoms. The number of allylic oxidation sites excluding steroid dienone is 1. The maximum atomic E-state index is 4.56. The van der Waals surface area contributed by atoms with E-state index >= 15 is 0 Å². The number of hydrogen-bond acceptors (Lipinski definition) is 0. The third-order valence-electron chi connectivity index (χ3n) is 6.31. The van der Waals surface area contributed by atoms with Gasteiger partial charge >= 0.3 is 0 Å². The molecule has 0 aliphatic carbocycles. The number of aromatic nitrogens is 1. The first kappa shape index (κ1) is 18.9. The van der Waals surface area contributed by atoms with E-state index in [1.165, 1.54) is 52.8 Å². The van der Waals surface area contributed by atoms with Crippen LogP contribution in [0.4, 0.5) is 0 Å². The number of fused-ring (bicyclic) bond motifs is 3. The molecule has 0 spiro atoms. The van der Waals surface area contributed by atoms with Gasteiger partial charge in [-0.1, -0.05) is 58.4 Å². The van der Waals surface area contributed by atoms with E-state index in [1.807, 2.05) is 0 Å². The van der Waals surface area contributed by atoms with E-state index in [1.54, 1.807) is 0 Å². The van der Waals surface area contributed by atoms with Crippen molar-refractivity contribution in [1.82, 2.24) is 0 Å². The second kappa shape index (κ2) is 7.78. The fourth-order valence-electron chi connectivity index (χ4n) is 4.70. The van der Waals surface area contributed by atoms with Gasteiger partial charge in [-0.2, -0.15) is 4.57 Å². The molecule has 3 rings (SSSR count). The first-order valence-corrected chi connectivity index (χ1v) is 10.4. The van der Waals surface area contributed by atoms with Crippen molar-refractivity contribution in [3.05, 3.63) is 65.4 Å². The maximum Gasteiger partial charge on any atom is 0.216 e. The minimum atomic E-state index is 0.00768. The van der Waals surface area contributed by atoms with Crippen molar-refractivity contribution >= 4 is 0 Å². The minimum absolute atomic E-state index is 0.00768. The number of unbranched alkanes of at least 4 members (excludes halogenated alkanes) is 1. The van der Waals surface area contributed by atoms with Crippen LogP contribution >= 0.6 is 0 Å². The number of pyridine rings is 1. The third-order valence-corrected chi connectivity index (χ3v) is 6.31. The second-order valence-corrected chi connectivity index (χ2v) is 7.86. The average molecular weight is 349 g/mol. The van der Waals surface area contributed by atoms with Gasteiger partial charge in [-0.3, -0.25) is 0 Å². The third kappa shape index (κ3) is 3.02. The van der Waals surface area contributed by atoms with Crippen molar-refractivity contribution in [2.24, 2.45) is 0 Å². The van der Waals surface area contributed by atoms with Crippen LogP contribution in [0.3, 0.4) is 0 Å². The van der Waals surface area contributed by atoms with E-state index in [0.29, 0.717) is 0 Å². The lowest BCUT2D eigenvalue weighted by Gasteiger charge is -2.36. The highest BCUT2D eigenvalue weighted by molar-refractivity contribution is 5.67. The van der Waals surface area contributed by atoms with Gasteiger partial charge in [0.2, 0.25) is 5.69 Å². The van der Waals surface area contributed by atoms with Crippen LogP contribution in [0.15, 0.2) is 48.7 Å². The summed E-state index contributed by atoms with van der Waals surface area (Å²) >= 11 is 0. The van der Waals surface area contributed by atoms with E-state index in [0.717, 1.165) is 25.7 Å². The maximum absolute atomic E-state index is 4.56. The Labute approximate surface area is 159 Å². The molecule has 1 nitrogen and oxygen atoms in total. The minimum Gasteiger partial charge on any atom is -0.188 e. The van der Waals surface area contributed by atoms with Crippen LogP contribution in [-0.2, 0) is 18.4 Å². The van der Waals surface area contributed by atoms with Crippen LogP contribution < -0.4 is 4.57 Å². The highest BCUT2D eigenvalue weighted by Gasteiger charge is 2.47. The van der Waals surface area contributed by atoms with Gasteiger partial charge < -0.3 is 0 Å². The predicted molar refractivity (Wildman–Crippen MR) is 111 cm³/mol. The number of nitrogens with zero attached hydrogens (tertiary/aromatic N) is 1. The van der Waals surface area contributed by atoms with Crippen molar-refractivity contribution in [2.45, 2.75) is 78.2 Å². The Morgan fingerprint density at radius 3 is 2.58 bits per heavy atom. The molecule has 2 aromatic rings. The molecule has 1 aromatic carbocycles. The van der Waals surface area contributed by atoms with E-state index < -0.39 is 0 Å². The zero-order chi connectivity index (χ0) is 18.7. The van der Waals surface area contributed by atoms with Gasteiger partial charge in [0.1, 0.15) is 0 Å². The molecule has 2 heterocycles. The van der Waals surface area contributed by atoms with Crippen LogP contribution in [0.5, 0.6) is 0 Å². The number of benzene rings is 1. The largest absolute Gasteiger partial charge is 0.216 e. The fraction of sp³-hybridized carbons (Fsp3) is 0.480. The highest BCUT2D eigenvalue weighted by atomic mass is 15.1. The summed E-state index contributed by atoms with van der Waals surface area (Å²) in [6, 6.07) is 11.4. The molecule has 0 amide bonds. The summed E-state index contributed by atoms with van der Waals surface area (Å²) in [5, 5.41) is 0.